The zero-order chi connectivity index (χ0) is 11.3. The highest BCUT2D eigenvalue weighted by Gasteiger charge is 2.16. The van der Waals surface area contributed by atoms with Gasteiger partial charge in [0, 0.05) is 4.91 Å². The van der Waals surface area contributed by atoms with Crippen LogP contribution < -0.4 is 0 Å². The molecule has 1 aromatic rings. The molecular weight excluding hydrogens is 204 g/mol. The maximum Gasteiger partial charge on any atom is 0.434 e. The Morgan fingerprint density at radius 1 is 1.87 bits per heavy atom. The number of aliphatic hydroxyl groups excluding tert-OH is 1. The predicted octanol–water partition coefficient (Wildman–Crippen LogP) is 0.462. The molecule has 0 amide bonds. The summed E-state index contributed by atoms with van der Waals surface area (Å²) in [5, 5.41) is 22.9. The van der Waals surface area contributed by atoms with Crippen molar-refractivity contribution in [3.8, 4) is 0 Å². The molecule has 0 aliphatic rings. The van der Waals surface area contributed by atoms with Crippen LogP contribution in [-0.2, 0) is 6.54 Å². The summed E-state index contributed by atoms with van der Waals surface area (Å²) in [5.41, 5.74) is 8.00. The van der Waals surface area contributed by atoms with Gasteiger partial charge in [0.1, 0.15) is 12.4 Å². The molecule has 1 heterocycles. The summed E-state index contributed by atoms with van der Waals surface area (Å²) in [6, 6.07) is 0. The van der Waals surface area contributed by atoms with Gasteiger partial charge in [0.25, 0.3) is 0 Å². The lowest BCUT2D eigenvalue weighted by atomic mass is 10.3. The van der Waals surface area contributed by atoms with Gasteiger partial charge in [-0.3, -0.25) is 0 Å². The molecule has 1 aromatic heterocycles. The van der Waals surface area contributed by atoms with Gasteiger partial charge in [-0.1, -0.05) is 10.1 Å². The summed E-state index contributed by atoms with van der Waals surface area (Å²) in [4.78, 5) is 15.8. The minimum Gasteiger partial charge on any atom is -0.390 e. The van der Waals surface area contributed by atoms with Gasteiger partial charge in [-0.15, -0.1) is 0 Å². The molecule has 0 fully saturated rings. The second kappa shape index (κ2) is 4.94. The fourth-order valence-electron chi connectivity index (χ4n) is 1.03. The van der Waals surface area contributed by atoms with Crippen molar-refractivity contribution in [2.45, 2.75) is 12.6 Å². The van der Waals surface area contributed by atoms with Gasteiger partial charge in [-0.05, 0) is 10.5 Å². The smallest absolute Gasteiger partial charge is 0.390 e. The lowest BCUT2D eigenvalue weighted by Gasteiger charge is -2.05. The van der Waals surface area contributed by atoms with Crippen LogP contribution in [0.25, 0.3) is 10.4 Å². The van der Waals surface area contributed by atoms with Gasteiger partial charge in [-0.2, -0.15) is 0 Å². The van der Waals surface area contributed by atoms with Gasteiger partial charge < -0.3 is 15.2 Å². The molecule has 0 aliphatic carbocycles. The summed E-state index contributed by atoms with van der Waals surface area (Å²) in [5.74, 6) is -0.352. The third kappa shape index (κ3) is 2.93. The summed E-state index contributed by atoms with van der Waals surface area (Å²) >= 11 is 0. The van der Waals surface area contributed by atoms with Crippen LogP contribution in [0.5, 0.6) is 0 Å². The van der Waals surface area contributed by atoms with E-state index in [4.69, 9.17) is 5.53 Å². The van der Waals surface area contributed by atoms with Crippen LogP contribution >= 0.6 is 0 Å². The number of aromatic nitrogens is 2. The van der Waals surface area contributed by atoms with E-state index in [2.05, 4.69) is 15.0 Å². The number of hydrogen-bond acceptors (Lipinski definition) is 5. The Labute approximate surface area is 83.7 Å². The highest BCUT2D eigenvalue weighted by atomic mass is 16.6. The standard InChI is InChI=1S/C6H8N6O3/c7-10-9-3-5(13)4-11-2-1-8-6(11)12(14)15/h1-2,5,13H,3-4H2. The van der Waals surface area contributed by atoms with Crippen molar-refractivity contribution in [1.29, 1.82) is 0 Å². The Morgan fingerprint density at radius 2 is 2.60 bits per heavy atom. The van der Waals surface area contributed by atoms with Crippen molar-refractivity contribution in [2.75, 3.05) is 6.54 Å². The van der Waals surface area contributed by atoms with E-state index in [1.165, 1.54) is 17.0 Å². The lowest BCUT2D eigenvalue weighted by molar-refractivity contribution is -0.397. The number of aliphatic hydroxyl groups is 1. The molecule has 9 heteroatoms. The van der Waals surface area contributed by atoms with Gasteiger partial charge in [-0.25, -0.2) is 4.57 Å². The van der Waals surface area contributed by atoms with Crippen LogP contribution in [0.4, 0.5) is 5.95 Å². The average Bonchev–Trinajstić information content (AvgIpc) is 2.62. The number of nitrogens with zero attached hydrogens (tertiary/aromatic N) is 6. The Kier molecular flexibility index (Phi) is 3.61. The third-order valence-electron chi connectivity index (χ3n) is 1.62. The maximum atomic E-state index is 10.4. The monoisotopic (exact) mass is 212 g/mol. The van der Waals surface area contributed by atoms with Crippen LogP contribution in [0.2, 0.25) is 0 Å². The van der Waals surface area contributed by atoms with E-state index < -0.39 is 11.0 Å². The van der Waals surface area contributed by atoms with E-state index in [1.54, 1.807) is 0 Å². The zero-order valence-electron chi connectivity index (χ0n) is 7.59. The Balaban J connectivity index is 2.67. The van der Waals surface area contributed by atoms with E-state index in [1.807, 2.05) is 0 Å². The molecule has 1 N–H and O–H groups in total. The molecule has 80 valence electrons. The first-order chi connectivity index (χ1) is 7.15. The molecule has 1 atom stereocenters. The van der Waals surface area contributed by atoms with Crippen molar-refractivity contribution in [1.82, 2.24) is 9.55 Å². The second-order valence-electron chi connectivity index (χ2n) is 2.70. The van der Waals surface area contributed by atoms with E-state index in [9.17, 15) is 15.2 Å². The van der Waals surface area contributed by atoms with E-state index in [0.717, 1.165) is 0 Å². The minimum absolute atomic E-state index is 0.0324. The molecule has 0 saturated carbocycles. The topological polar surface area (TPSA) is 130 Å². The van der Waals surface area contributed by atoms with Crippen molar-refractivity contribution < 1.29 is 10.0 Å². The summed E-state index contributed by atoms with van der Waals surface area (Å²) < 4.78 is 1.18. The molecule has 1 unspecified atom stereocenters. The highest BCUT2D eigenvalue weighted by Crippen LogP contribution is 2.08. The Morgan fingerprint density at radius 3 is 3.20 bits per heavy atom. The minimum atomic E-state index is -0.964. The Hall–Kier alpha value is -2.12. The van der Waals surface area contributed by atoms with Crippen LogP contribution in [0.1, 0.15) is 0 Å². The van der Waals surface area contributed by atoms with Crippen LogP contribution in [0.3, 0.4) is 0 Å². The third-order valence-corrected chi connectivity index (χ3v) is 1.62. The molecule has 0 aliphatic heterocycles. The molecule has 1 rings (SSSR count). The number of azide groups is 1. The first-order valence-corrected chi connectivity index (χ1v) is 3.99. The molecule has 0 bridgehead atoms. The largest absolute Gasteiger partial charge is 0.434 e. The second-order valence-corrected chi connectivity index (χ2v) is 2.70. The van der Waals surface area contributed by atoms with Crippen molar-refractivity contribution >= 4 is 5.95 Å². The molecule has 15 heavy (non-hydrogen) atoms. The average molecular weight is 212 g/mol. The summed E-state index contributed by atoms with van der Waals surface area (Å²) in [7, 11) is 0. The number of imidazole rings is 1. The first-order valence-electron chi connectivity index (χ1n) is 3.99. The summed E-state index contributed by atoms with van der Waals surface area (Å²) in [6.07, 6.45) is 1.67. The van der Waals surface area contributed by atoms with Gasteiger partial charge in [0.2, 0.25) is 0 Å². The van der Waals surface area contributed by atoms with Crippen LogP contribution in [-0.4, -0.2) is 32.2 Å². The van der Waals surface area contributed by atoms with Gasteiger partial charge >= 0.3 is 5.95 Å². The highest BCUT2D eigenvalue weighted by molar-refractivity contribution is 5.06. The first kappa shape index (κ1) is 11.0. The van der Waals surface area contributed by atoms with E-state index >= 15 is 0 Å². The predicted molar refractivity (Wildman–Crippen MR) is 48.9 cm³/mol. The zero-order valence-corrected chi connectivity index (χ0v) is 7.59. The van der Waals surface area contributed by atoms with Crippen LogP contribution in [0.15, 0.2) is 17.5 Å². The number of rotatable bonds is 5. The maximum absolute atomic E-state index is 10.4. The molecule has 9 nitrogen and oxygen atoms in total. The lowest BCUT2D eigenvalue weighted by Crippen LogP contribution is -2.19. The van der Waals surface area contributed by atoms with Crippen molar-refractivity contribution in [2.24, 2.45) is 5.11 Å². The molecule has 0 spiro atoms. The fourth-order valence-corrected chi connectivity index (χ4v) is 1.03. The molecule has 0 radical (unpaired) electrons. The number of nitro groups is 1. The quantitative estimate of drug-likeness (QED) is 0.250. The van der Waals surface area contributed by atoms with Crippen molar-refractivity contribution in [3.05, 3.63) is 33.0 Å². The molecular formula is C6H8N6O3. The molecule has 0 saturated heterocycles. The normalized spacial score (nSPS) is 11.8. The van der Waals surface area contributed by atoms with E-state index in [0.29, 0.717) is 0 Å². The van der Waals surface area contributed by atoms with Gasteiger partial charge in [0.15, 0.2) is 0 Å². The fraction of sp³-hybridized carbons (Fsp3) is 0.500. The number of hydrogen-bond donors (Lipinski definition) is 1. The molecule has 0 aromatic carbocycles. The summed E-state index contributed by atoms with van der Waals surface area (Å²) in [6.45, 7) is -0.166. The van der Waals surface area contributed by atoms with Gasteiger partial charge in [0.05, 0.1) is 19.2 Å². The Bertz CT molecular complexity index is 395. The van der Waals surface area contributed by atoms with E-state index in [-0.39, 0.29) is 19.0 Å². The SMILES string of the molecule is [N-]=[N+]=NCC(O)Cn1ccnc1[N+](=O)[O-]. The van der Waals surface area contributed by atoms with Crippen LogP contribution in [0, 0.1) is 10.1 Å². The van der Waals surface area contributed by atoms with Crippen molar-refractivity contribution in [3.63, 3.8) is 0 Å².